The quantitative estimate of drug-likeness (QED) is 0.449. The van der Waals surface area contributed by atoms with E-state index in [1.165, 1.54) is 23.1 Å². The molecule has 0 spiro atoms. The van der Waals surface area contributed by atoms with Gasteiger partial charge in [-0.05, 0) is 39.0 Å². The molecule has 178 valence electrons. The first-order valence-corrected chi connectivity index (χ1v) is 11.0. The number of nitrogens with zero attached hydrogens (tertiary/aromatic N) is 3. The van der Waals surface area contributed by atoms with Crippen molar-refractivity contribution in [2.75, 3.05) is 18.4 Å². The zero-order valence-electron chi connectivity index (χ0n) is 19.3. The van der Waals surface area contributed by atoms with Crippen LogP contribution in [0.2, 0.25) is 5.02 Å². The third-order valence-corrected chi connectivity index (χ3v) is 4.95. The summed E-state index contributed by atoms with van der Waals surface area (Å²) in [4.78, 5) is 31.4. The number of aromatic nitrogens is 2. The number of amides is 3. The van der Waals surface area contributed by atoms with Crippen LogP contribution >= 0.6 is 11.6 Å². The molecular formula is C25H27ClFN5O2. The molecular weight excluding hydrogens is 457 g/mol. The van der Waals surface area contributed by atoms with Crippen molar-refractivity contribution in [2.45, 2.75) is 26.3 Å². The highest BCUT2D eigenvalue weighted by atomic mass is 35.5. The van der Waals surface area contributed by atoms with E-state index in [9.17, 15) is 14.0 Å². The fourth-order valence-electron chi connectivity index (χ4n) is 3.16. The molecule has 9 heteroatoms. The smallest absolute Gasteiger partial charge is 0.318 e. The lowest BCUT2D eigenvalue weighted by molar-refractivity contribution is -0.116. The van der Waals surface area contributed by atoms with E-state index in [-0.39, 0.29) is 30.1 Å². The normalized spacial score (nSPS) is 11.1. The summed E-state index contributed by atoms with van der Waals surface area (Å²) in [7, 11) is 0. The van der Waals surface area contributed by atoms with Gasteiger partial charge < -0.3 is 10.2 Å². The lowest BCUT2D eigenvalue weighted by Gasteiger charge is -2.27. The maximum absolute atomic E-state index is 13.7. The van der Waals surface area contributed by atoms with Gasteiger partial charge >= 0.3 is 6.03 Å². The molecule has 3 rings (SSSR count). The molecule has 0 saturated heterocycles. The van der Waals surface area contributed by atoms with E-state index in [1.807, 2.05) is 51.1 Å². The van der Waals surface area contributed by atoms with Crippen LogP contribution in [0.15, 0.2) is 67.4 Å². The summed E-state index contributed by atoms with van der Waals surface area (Å²) >= 11 is 5.98. The number of rotatable bonds is 7. The van der Waals surface area contributed by atoms with Gasteiger partial charge in [0.15, 0.2) is 0 Å². The van der Waals surface area contributed by atoms with Gasteiger partial charge in [0, 0.05) is 23.8 Å². The van der Waals surface area contributed by atoms with Crippen molar-refractivity contribution in [2.24, 2.45) is 0 Å². The number of anilines is 1. The minimum Gasteiger partial charge on any atom is -0.333 e. The number of carbonyl (C=O) groups is 2. The Morgan fingerprint density at radius 1 is 1.21 bits per heavy atom. The van der Waals surface area contributed by atoms with Crippen LogP contribution in [0.25, 0.3) is 16.9 Å². The van der Waals surface area contributed by atoms with Gasteiger partial charge in [-0.3, -0.25) is 14.7 Å². The minimum atomic E-state index is -0.552. The Kier molecular flexibility index (Phi) is 7.73. The Bertz CT molecular complexity index is 1190. The van der Waals surface area contributed by atoms with E-state index in [0.29, 0.717) is 11.4 Å². The topological polar surface area (TPSA) is 79.3 Å². The molecule has 0 unspecified atom stereocenters. The summed E-state index contributed by atoms with van der Waals surface area (Å²) in [6.45, 7) is 9.20. The number of imidazole rings is 1. The molecule has 0 aliphatic heterocycles. The molecule has 3 aromatic rings. The molecule has 1 heterocycles. The third-order valence-electron chi connectivity index (χ3n) is 4.66. The van der Waals surface area contributed by atoms with E-state index >= 15 is 0 Å². The van der Waals surface area contributed by atoms with Crippen LogP contribution in [0.4, 0.5) is 15.1 Å². The molecule has 0 saturated carbocycles. The van der Waals surface area contributed by atoms with Gasteiger partial charge in [0.25, 0.3) is 0 Å². The molecule has 0 atom stereocenters. The van der Waals surface area contributed by atoms with Gasteiger partial charge in [-0.2, -0.15) is 0 Å². The van der Waals surface area contributed by atoms with Crippen LogP contribution in [0.5, 0.6) is 0 Å². The SMILES string of the molecule is C=CCN(CC(=O)Nc1nc(-c2ccccc2)cn1-c1ccc(F)c(Cl)c1)C(=O)NC(C)(C)C. The molecule has 1 aromatic heterocycles. The van der Waals surface area contributed by atoms with Crippen LogP contribution in [0, 0.1) is 5.82 Å². The van der Waals surface area contributed by atoms with Crippen molar-refractivity contribution < 1.29 is 14.0 Å². The first-order chi connectivity index (χ1) is 16.1. The number of urea groups is 1. The van der Waals surface area contributed by atoms with Crippen LogP contribution in [0.3, 0.4) is 0 Å². The second kappa shape index (κ2) is 10.5. The molecule has 0 fully saturated rings. The molecule has 2 N–H and O–H groups in total. The summed E-state index contributed by atoms with van der Waals surface area (Å²) in [6, 6.07) is 13.3. The number of benzene rings is 2. The predicted molar refractivity (Wildman–Crippen MR) is 133 cm³/mol. The Labute approximate surface area is 203 Å². The van der Waals surface area contributed by atoms with E-state index < -0.39 is 17.3 Å². The Hall–Kier alpha value is -3.65. The fraction of sp³-hybridized carbons (Fsp3) is 0.240. The summed E-state index contributed by atoms with van der Waals surface area (Å²) in [5.41, 5.74) is 1.49. The average molecular weight is 484 g/mol. The summed E-state index contributed by atoms with van der Waals surface area (Å²) in [5, 5.41) is 5.54. The average Bonchev–Trinajstić information content (AvgIpc) is 3.18. The second-order valence-electron chi connectivity index (χ2n) is 8.68. The van der Waals surface area contributed by atoms with Gasteiger partial charge in [-0.15, -0.1) is 6.58 Å². The van der Waals surface area contributed by atoms with Crippen molar-refractivity contribution in [1.29, 1.82) is 0 Å². The molecule has 0 bridgehead atoms. The molecule has 0 radical (unpaired) electrons. The Morgan fingerprint density at radius 3 is 2.53 bits per heavy atom. The molecule has 2 aromatic carbocycles. The van der Waals surface area contributed by atoms with E-state index in [0.717, 1.165) is 5.56 Å². The zero-order chi connectivity index (χ0) is 24.9. The Morgan fingerprint density at radius 2 is 1.91 bits per heavy atom. The van der Waals surface area contributed by atoms with Crippen molar-refractivity contribution in [1.82, 2.24) is 19.8 Å². The predicted octanol–water partition coefficient (Wildman–Crippen LogP) is 5.27. The van der Waals surface area contributed by atoms with Gasteiger partial charge in [-0.1, -0.05) is 48.0 Å². The monoisotopic (exact) mass is 483 g/mol. The molecule has 0 aliphatic rings. The molecule has 7 nitrogen and oxygen atoms in total. The molecule has 0 aliphatic carbocycles. The minimum absolute atomic E-state index is 0.0549. The van der Waals surface area contributed by atoms with Gasteiger partial charge in [0.1, 0.15) is 12.4 Å². The van der Waals surface area contributed by atoms with E-state index in [2.05, 4.69) is 22.2 Å². The fourth-order valence-corrected chi connectivity index (χ4v) is 3.34. The molecule has 34 heavy (non-hydrogen) atoms. The highest BCUT2D eigenvalue weighted by Crippen LogP contribution is 2.26. The van der Waals surface area contributed by atoms with E-state index in [4.69, 9.17) is 11.6 Å². The first kappa shape index (κ1) is 25.0. The highest BCUT2D eigenvalue weighted by Gasteiger charge is 2.22. The van der Waals surface area contributed by atoms with Crippen molar-refractivity contribution in [3.05, 3.63) is 78.2 Å². The zero-order valence-corrected chi connectivity index (χ0v) is 20.1. The van der Waals surface area contributed by atoms with Crippen molar-refractivity contribution in [3.8, 4) is 16.9 Å². The largest absolute Gasteiger partial charge is 0.333 e. The van der Waals surface area contributed by atoms with E-state index in [1.54, 1.807) is 16.8 Å². The third kappa shape index (κ3) is 6.45. The lowest BCUT2D eigenvalue weighted by atomic mass is 10.1. The van der Waals surface area contributed by atoms with Crippen molar-refractivity contribution in [3.63, 3.8) is 0 Å². The van der Waals surface area contributed by atoms with Crippen molar-refractivity contribution >= 4 is 29.5 Å². The Balaban J connectivity index is 1.90. The maximum atomic E-state index is 13.7. The summed E-state index contributed by atoms with van der Waals surface area (Å²) in [5.74, 6) is -0.795. The second-order valence-corrected chi connectivity index (χ2v) is 9.09. The van der Waals surface area contributed by atoms with Crippen LogP contribution < -0.4 is 10.6 Å². The molecule has 3 amide bonds. The number of hydrogen-bond acceptors (Lipinski definition) is 3. The summed E-state index contributed by atoms with van der Waals surface area (Å²) < 4.78 is 15.3. The number of carbonyl (C=O) groups excluding carboxylic acids is 2. The van der Waals surface area contributed by atoms with Gasteiger partial charge in [-0.25, -0.2) is 14.2 Å². The first-order valence-electron chi connectivity index (χ1n) is 10.7. The number of halogens is 2. The maximum Gasteiger partial charge on any atom is 0.318 e. The van der Waals surface area contributed by atoms with Crippen LogP contribution in [-0.2, 0) is 4.79 Å². The highest BCUT2D eigenvalue weighted by molar-refractivity contribution is 6.30. The van der Waals surface area contributed by atoms with Gasteiger partial charge in [0.05, 0.1) is 16.4 Å². The van der Waals surface area contributed by atoms with Gasteiger partial charge in [0.2, 0.25) is 11.9 Å². The lowest BCUT2D eigenvalue weighted by Crippen LogP contribution is -2.50. The summed E-state index contributed by atoms with van der Waals surface area (Å²) in [6.07, 6.45) is 3.27. The number of hydrogen-bond donors (Lipinski definition) is 2. The van der Waals surface area contributed by atoms with Crippen LogP contribution in [-0.4, -0.2) is 45.0 Å². The standard InChI is InChI=1S/C25H27ClFN5O2/c1-5-13-31(24(34)30-25(2,3)4)16-22(33)29-23-28-21(17-9-7-6-8-10-17)15-32(23)18-11-12-20(27)19(26)14-18/h5-12,14-15H,1,13,16H2,2-4H3,(H,30,34)(H,28,29,33). The van der Waals surface area contributed by atoms with Crippen LogP contribution in [0.1, 0.15) is 20.8 Å². The number of nitrogens with one attached hydrogen (secondary N) is 2.